The Morgan fingerprint density at radius 1 is 1.00 bits per heavy atom. The number of aryl methyl sites for hydroxylation is 1. The number of imide groups is 1. The smallest absolute Gasteiger partial charge is 0.325 e. The summed E-state index contributed by atoms with van der Waals surface area (Å²) in [6.07, 6.45) is 0.472. The van der Waals surface area contributed by atoms with E-state index in [1.807, 2.05) is 61.5 Å². The van der Waals surface area contributed by atoms with Gasteiger partial charge in [0, 0.05) is 17.5 Å². The minimum Gasteiger partial charge on any atom is -0.325 e. The molecule has 6 nitrogen and oxygen atoms in total. The van der Waals surface area contributed by atoms with Crippen LogP contribution in [-0.2, 0) is 17.8 Å². The van der Waals surface area contributed by atoms with Crippen LogP contribution in [-0.4, -0.2) is 32.8 Å². The number of nitrogens with zero attached hydrogens (tertiary/aromatic N) is 3. The molecule has 3 aromatic rings. The molecule has 1 aliphatic rings. The molecule has 0 radical (unpaired) electrons. The summed E-state index contributed by atoms with van der Waals surface area (Å²) in [5, 5.41) is 3.72. The number of carbonyl (C=O) groups excluding carboxylic acids is 2. The maximum atomic E-state index is 12.7. The molecule has 130 valence electrons. The van der Waals surface area contributed by atoms with E-state index in [2.05, 4.69) is 15.3 Å². The largest absolute Gasteiger partial charge is 0.325 e. The van der Waals surface area contributed by atoms with E-state index in [1.54, 1.807) is 0 Å². The third-order valence-corrected chi connectivity index (χ3v) is 4.53. The summed E-state index contributed by atoms with van der Waals surface area (Å²) in [7, 11) is 0. The van der Waals surface area contributed by atoms with Gasteiger partial charge < -0.3 is 5.32 Å². The van der Waals surface area contributed by atoms with Crippen LogP contribution in [0.4, 0.5) is 4.79 Å². The van der Waals surface area contributed by atoms with Crippen molar-refractivity contribution in [2.75, 3.05) is 0 Å². The number of nitrogens with one attached hydrogen (secondary N) is 1. The fourth-order valence-electron chi connectivity index (χ4n) is 3.22. The lowest BCUT2D eigenvalue weighted by atomic mass is 10.1. The third-order valence-electron chi connectivity index (χ3n) is 4.53. The zero-order valence-corrected chi connectivity index (χ0v) is 14.3. The standard InChI is InChI=1S/C20H18N4O2/c1-13-15-9-5-6-10-16(15)22-18(21-13)12-24-19(25)17(23-20(24)26)11-14-7-3-2-4-8-14/h2-10,17H,11-12H2,1H3,(H,23,26)/t17-/m1/s1. The van der Waals surface area contributed by atoms with Gasteiger partial charge in [-0.2, -0.15) is 0 Å². The van der Waals surface area contributed by atoms with Crippen molar-refractivity contribution in [1.82, 2.24) is 20.2 Å². The molecule has 1 saturated heterocycles. The summed E-state index contributed by atoms with van der Waals surface area (Å²) >= 11 is 0. The molecule has 0 aliphatic carbocycles. The summed E-state index contributed by atoms with van der Waals surface area (Å²) in [5.74, 6) is 0.221. The number of benzene rings is 2. The van der Waals surface area contributed by atoms with Gasteiger partial charge in [-0.25, -0.2) is 14.8 Å². The number of fused-ring (bicyclic) bond motifs is 1. The van der Waals surface area contributed by atoms with Crippen molar-refractivity contribution in [2.24, 2.45) is 0 Å². The average Bonchev–Trinajstić information content (AvgIpc) is 2.90. The van der Waals surface area contributed by atoms with Crippen LogP contribution < -0.4 is 5.32 Å². The van der Waals surface area contributed by atoms with E-state index < -0.39 is 12.1 Å². The number of hydrogen-bond donors (Lipinski definition) is 1. The number of carbonyl (C=O) groups is 2. The predicted molar refractivity (Wildman–Crippen MR) is 97.3 cm³/mol. The molecule has 6 heteroatoms. The van der Waals surface area contributed by atoms with Crippen LogP contribution in [0.25, 0.3) is 10.9 Å². The van der Waals surface area contributed by atoms with E-state index in [1.165, 1.54) is 4.90 Å². The lowest BCUT2D eigenvalue weighted by molar-refractivity contribution is -0.127. The monoisotopic (exact) mass is 346 g/mol. The zero-order chi connectivity index (χ0) is 18.1. The van der Waals surface area contributed by atoms with Gasteiger partial charge in [-0.1, -0.05) is 48.5 Å². The Kier molecular flexibility index (Phi) is 4.08. The number of amides is 3. The molecule has 0 bridgehead atoms. The second-order valence-corrected chi connectivity index (χ2v) is 6.36. The van der Waals surface area contributed by atoms with Gasteiger partial charge >= 0.3 is 6.03 Å². The van der Waals surface area contributed by atoms with Gasteiger partial charge in [0.15, 0.2) is 0 Å². The zero-order valence-electron chi connectivity index (χ0n) is 14.3. The van der Waals surface area contributed by atoms with Gasteiger partial charge in [-0.05, 0) is 18.6 Å². The Morgan fingerprint density at radius 3 is 2.54 bits per heavy atom. The van der Waals surface area contributed by atoms with Crippen LogP contribution in [0.5, 0.6) is 0 Å². The van der Waals surface area contributed by atoms with Gasteiger partial charge in [-0.3, -0.25) is 9.69 Å². The highest BCUT2D eigenvalue weighted by Crippen LogP contribution is 2.18. The Hall–Kier alpha value is -3.28. The normalized spacial score (nSPS) is 17.0. The van der Waals surface area contributed by atoms with Crippen LogP contribution in [0.2, 0.25) is 0 Å². The highest BCUT2D eigenvalue weighted by Gasteiger charge is 2.38. The lowest BCUT2D eigenvalue weighted by Crippen LogP contribution is -2.32. The van der Waals surface area contributed by atoms with Crippen molar-refractivity contribution >= 4 is 22.8 Å². The molecule has 1 aliphatic heterocycles. The molecular formula is C20H18N4O2. The van der Waals surface area contributed by atoms with E-state index >= 15 is 0 Å². The number of rotatable bonds is 4. The van der Waals surface area contributed by atoms with E-state index in [0.29, 0.717) is 12.2 Å². The molecule has 26 heavy (non-hydrogen) atoms. The predicted octanol–water partition coefficient (Wildman–Crippen LogP) is 2.60. The van der Waals surface area contributed by atoms with Crippen LogP contribution >= 0.6 is 0 Å². The highest BCUT2D eigenvalue weighted by molar-refractivity contribution is 6.04. The lowest BCUT2D eigenvalue weighted by Gasteiger charge is -2.13. The average molecular weight is 346 g/mol. The number of hydrogen-bond acceptors (Lipinski definition) is 4. The molecular weight excluding hydrogens is 328 g/mol. The molecule has 3 amide bonds. The third kappa shape index (κ3) is 3.01. The molecule has 0 unspecified atom stereocenters. The Balaban J connectivity index is 1.55. The van der Waals surface area contributed by atoms with Gasteiger partial charge in [0.25, 0.3) is 5.91 Å². The number of para-hydroxylation sites is 1. The second kappa shape index (κ2) is 6.55. The van der Waals surface area contributed by atoms with Crippen molar-refractivity contribution in [2.45, 2.75) is 25.9 Å². The van der Waals surface area contributed by atoms with Crippen molar-refractivity contribution in [1.29, 1.82) is 0 Å². The molecule has 1 aromatic heterocycles. The van der Waals surface area contributed by atoms with Crippen molar-refractivity contribution in [3.05, 3.63) is 71.7 Å². The first-order valence-corrected chi connectivity index (χ1v) is 8.50. The van der Waals surface area contributed by atoms with Gasteiger partial charge in [0.2, 0.25) is 0 Å². The Labute approximate surface area is 150 Å². The van der Waals surface area contributed by atoms with E-state index in [-0.39, 0.29) is 12.5 Å². The first-order chi connectivity index (χ1) is 12.6. The summed E-state index contributed by atoms with van der Waals surface area (Å²) in [6.45, 7) is 1.97. The molecule has 1 N–H and O–H groups in total. The maximum absolute atomic E-state index is 12.7. The first kappa shape index (κ1) is 16.2. The van der Waals surface area contributed by atoms with E-state index in [4.69, 9.17) is 0 Å². The minimum atomic E-state index is -0.550. The van der Waals surface area contributed by atoms with E-state index in [9.17, 15) is 9.59 Å². The molecule has 1 atom stereocenters. The fourth-order valence-corrected chi connectivity index (χ4v) is 3.22. The SMILES string of the molecule is Cc1nc(CN2C(=O)N[C@H](Cc3ccccc3)C2=O)nc2ccccc12. The van der Waals surface area contributed by atoms with Crippen molar-refractivity contribution < 1.29 is 9.59 Å². The summed E-state index contributed by atoms with van der Waals surface area (Å²) in [4.78, 5) is 35.1. The molecule has 1 fully saturated rings. The van der Waals surface area contributed by atoms with Crippen LogP contribution in [0.1, 0.15) is 17.1 Å². The number of urea groups is 1. The van der Waals surface area contributed by atoms with Gasteiger partial charge in [0.05, 0.1) is 12.1 Å². The van der Waals surface area contributed by atoms with Crippen molar-refractivity contribution in [3.63, 3.8) is 0 Å². The van der Waals surface area contributed by atoms with Gasteiger partial charge in [0.1, 0.15) is 11.9 Å². The summed E-state index contributed by atoms with van der Waals surface area (Å²) in [5.41, 5.74) is 2.65. The summed E-state index contributed by atoms with van der Waals surface area (Å²) < 4.78 is 0. The van der Waals surface area contributed by atoms with Crippen LogP contribution in [0.15, 0.2) is 54.6 Å². The van der Waals surface area contributed by atoms with Crippen LogP contribution in [0.3, 0.4) is 0 Å². The van der Waals surface area contributed by atoms with Crippen molar-refractivity contribution in [3.8, 4) is 0 Å². The van der Waals surface area contributed by atoms with Crippen LogP contribution in [0, 0.1) is 6.92 Å². The quantitative estimate of drug-likeness (QED) is 0.737. The Bertz CT molecular complexity index is 988. The topological polar surface area (TPSA) is 75.2 Å². The maximum Gasteiger partial charge on any atom is 0.325 e. The Morgan fingerprint density at radius 2 is 1.73 bits per heavy atom. The summed E-state index contributed by atoms with van der Waals surface area (Å²) in [6, 6.07) is 16.4. The fraction of sp³-hybridized carbons (Fsp3) is 0.200. The number of aromatic nitrogens is 2. The molecule has 2 heterocycles. The minimum absolute atomic E-state index is 0.0711. The molecule has 4 rings (SSSR count). The van der Waals surface area contributed by atoms with Gasteiger partial charge in [-0.15, -0.1) is 0 Å². The molecule has 2 aromatic carbocycles. The second-order valence-electron chi connectivity index (χ2n) is 6.36. The molecule has 0 saturated carbocycles. The van der Waals surface area contributed by atoms with E-state index in [0.717, 1.165) is 22.2 Å². The molecule has 0 spiro atoms. The first-order valence-electron chi connectivity index (χ1n) is 8.50. The highest BCUT2D eigenvalue weighted by atomic mass is 16.2.